The Morgan fingerprint density at radius 2 is 1.92 bits per heavy atom. The fourth-order valence-electron chi connectivity index (χ4n) is 2.66. The van der Waals surface area contributed by atoms with Crippen LogP contribution in [0.25, 0.3) is 10.9 Å². The van der Waals surface area contributed by atoms with Gasteiger partial charge in [0.25, 0.3) is 0 Å². The number of anilines is 1. The molecule has 0 spiro atoms. The highest BCUT2D eigenvalue weighted by atomic mass is 16.5. The van der Waals surface area contributed by atoms with Crippen molar-refractivity contribution < 1.29 is 14.3 Å². The van der Waals surface area contributed by atoms with E-state index >= 15 is 0 Å². The molecule has 1 heterocycles. The summed E-state index contributed by atoms with van der Waals surface area (Å²) in [7, 11) is 1.33. The number of ether oxygens (including phenoxy) is 1. The van der Waals surface area contributed by atoms with Crippen LogP contribution in [0.15, 0.2) is 48.7 Å². The summed E-state index contributed by atoms with van der Waals surface area (Å²) >= 11 is 0. The number of methoxy groups -OCH3 is 1. The van der Waals surface area contributed by atoms with E-state index in [-0.39, 0.29) is 5.91 Å². The van der Waals surface area contributed by atoms with Crippen LogP contribution in [0.4, 0.5) is 5.69 Å². The summed E-state index contributed by atoms with van der Waals surface area (Å²) in [4.78, 5) is 23.5. The molecule has 3 aromatic rings. The van der Waals surface area contributed by atoms with Gasteiger partial charge in [-0.3, -0.25) is 9.48 Å². The molecule has 0 fully saturated rings. The van der Waals surface area contributed by atoms with Crippen LogP contribution in [0.2, 0.25) is 0 Å². The van der Waals surface area contributed by atoms with Gasteiger partial charge in [-0.25, -0.2) is 4.79 Å². The van der Waals surface area contributed by atoms with E-state index in [1.165, 1.54) is 12.7 Å². The van der Waals surface area contributed by atoms with Gasteiger partial charge in [0.15, 0.2) is 0 Å². The van der Waals surface area contributed by atoms with E-state index in [1.54, 1.807) is 24.3 Å². The van der Waals surface area contributed by atoms with Crippen molar-refractivity contribution in [2.24, 2.45) is 0 Å². The molecule has 0 unspecified atom stereocenters. The van der Waals surface area contributed by atoms with Crippen LogP contribution in [-0.2, 0) is 16.1 Å². The standard InChI is InChI=1S/C19H19N3O3/c1-13-4-3-5-17-16(13)12-20-22(17)11-10-18(23)21-15-8-6-14(7-9-15)19(24)25-2/h3-9,12H,10-11H2,1-2H3,(H,21,23). The summed E-state index contributed by atoms with van der Waals surface area (Å²) in [6, 6.07) is 12.6. The molecule has 1 aromatic heterocycles. The third kappa shape index (κ3) is 3.68. The zero-order valence-corrected chi connectivity index (χ0v) is 14.2. The minimum Gasteiger partial charge on any atom is -0.465 e. The van der Waals surface area contributed by atoms with Crippen LogP contribution in [0.5, 0.6) is 0 Å². The highest BCUT2D eigenvalue weighted by Crippen LogP contribution is 2.18. The number of carbonyl (C=O) groups excluding carboxylic acids is 2. The van der Waals surface area contributed by atoms with Gasteiger partial charge >= 0.3 is 5.97 Å². The highest BCUT2D eigenvalue weighted by Gasteiger charge is 2.09. The number of amides is 1. The van der Waals surface area contributed by atoms with E-state index < -0.39 is 5.97 Å². The van der Waals surface area contributed by atoms with E-state index in [0.29, 0.717) is 24.2 Å². The molecule has 2 aromatic carbocycles. The molecular weight excluding hydrogens is 318 g/mol. The molecule has 0 aliphatic rings. The number of hydrogen-bond acceptors (Lipinski definition) is 4. The lowest BCUT2D eigenvalue weighted by Gasteiger charge is -2.07. The molecule has 25 heavy (non-hydrogen) atoms. The van der Waals surface area contributed by atoms with Crippen LogP contribution in [0.1, 0.15) is 22.3 Å². The third-order valence-electron chi connectivity index (χ3n) is 4.05. The largest absolute Gasteiger partial charge is 0.465 e. The van der Waals surface area contributed by atoms with Crippen LogP contribution < -0.4 is 5.32 Å². The maximum Gasteiger partial charge on any atom is 0.337 e. The first-order valence-electron chi connectivity index (χ1n) is 7.98. The van der Waals surface area contributed by atoms with Gasteiger partial charge in [-0.15, -0.1) is 0 Å². The third-order valence-corrected chi connectivity index (χ3v) is 4.05. The topological polar surface area (TPSA) is 73.2 Å². The van der Waals surface area contributed by atoms with Crippen molar-refractivity contribution >= 4 is 28.5 Å². The van der Waals surface area contributed by atoms with E-state index in [1.807, 2.05) is 36.0 Å². The number of nitrogens with zero attached hydrogens (tertiary/aromatic N) is 2. The lowest BCUT2D eigenvalue weighted by molar-refractivity contribution is -0.116. The van der Waals surface area contributed by atoms with E-state index in [0.717, 1.165) is 10.9 Å². The maximum atomic E-state index is 12.1. The first-order valence-corrected chi connectivity index (χ1v) is 7.98. The summed E-state index contributed by atoms with van der Waals surface area (Å²) in [6.45, 7) is 2.54. The predicted molar refractivity (Wildman–Crippen MR) is 95.5 cm³/mol. The van der Waals surface area contributed by atoms with Gasteiger partial charge in [0, 0.05) is 17.5 Å². The minimum atomic E-state index is -0.404. The molecule has 0 saturated heterocycles. The summed E-state index contributed by atoms with van der Waals surface area (Å²) < 4.78 is 6.48. The average molecular weight is 337 g/mol. The second-order valence-electron chi connectivity index (χ2n) is 5.74. The molecule has 128 valence electrons. The van der Waals surface area contributed by atoms with Crippen molar-refractivity contribution in [3.8, 4) is 0 Å². The predicted octanol–water partition coefficient (Wildman–Crippen LogP) is 3.16. The normalized spacial score (nSPS) is 10.6. The molecule has 6 nitrogen and oxygen atoms in total. The SMILES string of the molecule is COC(=O)c1ccc(NC(=O)CCn2ncc3c(C)cccc32)cc1. The number of esters is 1. The number of fused-ring (bicyclic) bond motifs is 1. The van der Waals surface area contributed by atoms with Crippen LogP contribution in [-0.4, -0.2) is 28.8 Å². The molecule has 3 rings (SSSR count). The highest BCUT2D eigenvalue weighted by molar-refractivity contribution is 5.93. The number of nitrogens with one attached hydrogen (secondary N) is 1. The Balaban J connectivity index is 1.61. The van der Waals surface area contributed by atoms with Gasteiger partial charge in [0.1, 0.15) is 0 Å². The number of carbonyl (C=O) groups is 2. The Hall–Kier alpha value is -3.15. The Morgan fingerprint density at radius 1 is 1.16 bits per heavy atom. The summed E-state index contributed by atoms with van der Waals surface area (Å²) in [6.07, 6.45) is 2.14. The second kappa shape index (κ2) is 7.17. The summed E-state index contributed by atoms with van der Waals surface area (Å²) in [5.41, 5.74) is 3.27. The van der Waals surface area contributed by atoms with Crippen molar-refractivity contribution in [3.63, 3.8) is 0 Å². The Morgan fingerprint density at radius 3 is 2.64 bits per heavy atom. The fraction of sp³-hybridized carbons (Fsp3) is 0.211. The molecule has 0 saturated carbocycles. The molecule has 0 bridgehead atoms. The first kappa shape index (κ1) is 16.7. The molecule has 0 radical (unpaired) electrons. The van der Waals surface area contributed by atoms with E-state index in [2.05, 4.69) is 15.2 Å². The lowest BCUT2D eigenvalue weighted by Crippen LogP contribution is -2.15. The smallest absolute Gasteiger partial charge is 0.337 e. The monoisotopic (exact) mass is 337 g/mol. The van der Waals surface area contributed by atoms with Crippen LogP contribution in [0, 0.1) is 6.92 Å². The number of hydrogen-bond donors (Lipinski definition) is 1. The van der Waals surface area contributed by atoms with Crippen molar-refractivity contribution in [2.75, 3.05) is 12.4 Å². The first-order chi connectivity index (χ1) is 12.1. The molecule has 0 aliphatic carbocycles. The maximum absolute atomic E-state index is 12.1. The average Bonchev–Trinajstić information content (AvgIpc) is 3.04. The van der Waals surface area contributed by atoms with Gasteiger partial charge in [-0.05, 0) is 42.8 Å². The van der Waals surface area contributed by atoms with Crippen LogP contribution >= 0.6 is 0 Å². The number of benzene rings is 2. The molecule has 0 atom stereocenters. The minimum absolute atomic E-state index is 0.109. The number of rotatable bonds is 5. The summed E-state index contributed by atoms with van der Waals surface area (Å²) in [5, 5.41) is 8.28. The lowest BCUT2D eigenvalue weighted by atomic mass is 10.1. The fourth-order valence-corrected chi connectivity index (χ4v) is 2.66. The number of aromatic nitrogens is 2. The quantitative estimate of drug-likeness (QED) is 0.726. The van der Waals surface area contributed by atoms with Crippen LogP contribution in [0.3, 0.4) is 0 Å². The van der Waals surface area contributed by atoms with Gasteiger partial charge < -0.3 is 10.1 Å². The second-order valence-corrected chi connectivity index (χ2v) is 5.74. The Bertz CT molecular complexity index is 913. The van der Waals surface area contributed by atoms with E-state index in [4.69, 9.17) is 0 Å². The van der Waals surface area contributed by atoms with Crippen molar-refractivity contribution in [3.05, 3.63) is 59.8 Å². The number of aryl methyl sites for hydroxylation is 2. The van der Waals surface area contributed by atoms with E-state index in [9.17, 15) is 9.59 Å². The molecule has 6 heteroatoms. The van der Waals surface area contributed by atoms with Gasteiger partial charge in [0.05, 0.1) is 30.9 Å². The van der Waals surface area contributed by atoms with Gasteiger partial charge in [-0.2, -0.15) is 5.10 Å². The van der Waals surface area contributed by atoms with Gasteiger partial charge in [0.2, 0.25) is 5.91 Å². The summed E-state index contributed by atoms with van der Waals surface area (Å²) in [5.74, 6) is -0.513. The molecule has 1 N–H and O–H groups in total. The zero-order valence-electron chi connectivity index (χ0n) is 14.2. The van der Waals surface area contributed by atoms with Gasteiger partial charge in [-0.1, -0.05) is 12.1 Å². The van der Waals surface area contributed by atoms with Crippen molar-refractivity contribution in [1.82, 2.24) is 9.78 Å². The molecular formula is C19H19N3O3. The Kier molecular flexibility index (Phi) is 4.79. The Labute approximate surface area is 145 Å². The van der Waals surface area contributed by atoms with Crippen molar-refractivity contribution in [2.45, 2.75) is 19.9 Å². The zero-order chi connectivity index (χ0) is 17.8. The molecule has 0 aliphatic heterocycles. The molecule has 1 amide bonds. The van der Waals surface area contributed by atoms with Crippen molar-refractivity contribution in [1.29, 1.82) is 0 Å².